The normalized spacial score (nSPS) is 15.9. The summed E-state index contributed by atoms with van der Waals surface area (Å²) in [6.45, 7) is 5.67. The molecule has 0 saturated carbocycles. The number of thioether (sulfide) groups is 1. The van der Waals surface area contributed by atoms with Gasteiger partial charge in [0.15, 0.2) is 0 Å². The molecular weight excluding hydrogens is 474 g/mol. The number of hydrogen-bond donors (Lipinski definition) is 1. The number of esters is 1. The zero-order valence-corrected chi connectivity index (χ0v) is 21.3. The third-order valence-electron chi connectivity index (χ3n) is 6.73. The molecule has 1 saturated heterocycles. The third-order valence-corrected chi connectivity index (χ3v) is 7.87. The maximum atomic E-state index is 12.5. The van der Waals surface area contributed by atoms with Gasteiger partial charge in [-0.15, -0.1) is 11.8 Å². The summed E-state index contributed by atoms with van der Waals surface area (Å²) in [6.07, 6.45) is 4.06. The molecular formula is C28H31N3O4S. The van der Waals surface area contributed by atoms with Crippen molar-refractivity contribution in [1.82, 2.24) is 10.2 Å². The van der Waals surface area contributed by atoms with Crippen LogP contribution in [-0.2, 0) is 9.53 Å². The second-order valence-electron chi connectivity index (χ2n) is 9.11. The number of ether oxygens (including phenoxy) is 1. The lowest BCUT2D eigenvalue weighted by Gasteiger charge is -2.36. The average Bonchev–Trinajstić information content (AvgIpc) is 3.36. The molecule has 0 aliphatic carbocycles. The van der Waals surface area contributed by atoms with E-state index in [1.54, 1.807) is 17.8 Å². The number of benzene rings is 2. The number of methoxy groups -OCH3 is 1. The second kappa shape index (κ2) is 11.2. The molecule has 2 aromatic carbocycles. The van der Waals surface area contributed by atoms with Crippen molar-refractivity contribution in [2.75, 3.05) is 57.0 Å². The number of furan rings is 1. The van der Waals surface area contributed by atoms with Crippen molar-refractivity contribution in [2.45, 2.75) is 17.7 Å². The number of hydrogen-bond acceptors (Lipinski definition) is 7. The lowest BCUT2D eigenvalue weighted by Crippen LogP contribution is -2.46. The van der Waals surface area contributed by atoms with E-state index in [0.29, 0.717) is 12.1 Å². The highest BCUT2D eigenvalue weighted by Crippen LogP contribution is 2.31. The SMILES string of the molecule is COC(=O)c1cc2cc(N3CCN(CCCCNC(=O)C4=Cc5ccccc5SC4)CC3)ccc2o1. The Morgan fingerprint density at radius 2 is 1.89 bits per heavy atom. The Bertz CT molecular complexity index is 1280. The van der Waals surface area contributed by atoms with E-state index in [9.17, 15) is 9.59 Å². The Balaban J connectivity index is 1.03. The smallest absolute Gasteiger partial charge is 0.373 e. The molecule has 1 N–H and O–H groups in total. The number of unbranched alkanes of at least 4 members (excludes halogenated alkanes) is 1. The summed E-state index contributed by atoms with van der Waals surface area (Å²) in [5.74, 6) is 0.550. The van der Waals surface area contributed by atoms with Gasteiger partial charge >= 0.3 is 5.97 Å². The van der Waals surface area contributed by atoms with Gasteiger partial charge in [-0.05, 0) is 61.4 Å². The van der Waals surface area contributed by atoms with Gasteiger partial charge in [-0.2, -0.15) is 0 Å². The van der Waals surface area contributed by atoms with Gasteiger partial charge in [-0.25, -0.2) is 4.79 Å². The van der Waals surface area contributed by atoms with E-state index in [4.69, 9.17) is 9.15 Å². The molecule has 0 radical (unpaired) electrons. The van der Waals surface area contributed by atoms with Crippen LogP contribution in [0.3, 0.4) is 0 Å². The first-order valence-electron chi connectivity index (χ1n) is 12.4. The molecule has 36 heavy (non-hydrogen) atoms. The number of carbonyl (C=O) groups is 2. The van der Waals surface area contributed by atoms with Gasteiger partial charge in [0.2, 0.25) is 11.7 Å². The summed E-state index contributed by atoms with van der Waals surface area (Å²) in [6, 6.07) is 16.0. The van der Waals surface area contributed by atoms with Crippen molar-refractivity contribution in [2.24, 2.45) is 0 Å². The van der Waals surface area contributed by atoms with E-state index >= 15 is 0 Å². The van der Waals surface area contributed by atoms with E-state index in [0.717, 1.165) is 73.5 Å². The van der Waals surface area contributed by atoms with E-state index < -0.39 is 5.97 Å². The highest BCUT2D eigenvalue weighted by molar-refractivity contribution is 7.99. The van der Waals surface area contributed by atoms with E-state index in [2.05, 4.69) is 33.3 Å². The Morgan fingerprint density at radius 3 is 2.72 bits per heavy atom. The van der Waals surface area contributed by atoms with Gasteiger partial charge in [0.05, 0.1) is 7.11 Å². The predicted molar refractivity (Wildman–Crippen MR) is 144 cm³/mol. The van der Waals surface area contributed by atoms with Gasteiger partial charge < -0.3 is 19.4 Å². The number of anilines is 1. The van der Waals surface area contributed by atoms with Crippen LogP contribution in [-0.4, -0.2) is 68.9 Å². The van der Waals surface area contributed by atoms with Crippen LogP contribution in [0.5, 0.6) is 0 Å². The van der Waals surface area contributed by atoms with Crippen molar-refractivity contribution in [3.05, 3.63) is 65.4 Å². The third kappa shape index (κ3) is 5.60. The standard InChI is InChI=1S/C28H31N3O4S/c1-34-28(33)25-18-21-17-23(8-9-24(21)35-25)31-14-12-30(13-15-31)11-5-4-10-29-27(32)22-16-20-6-2-3-7-26(20)36-19-22/h2-3,6-9,16-18H,4-5,10-15,19H2,1H3,(H,29,32). The number of carbonyl (C=O) groups excluding carboxylic acids is 2. The molecule has 188 valence electrons. The minimum atomic E-state index is -0.461. The first-order valence-corrected chi connectivity index (χ1v) is 13.4. The molecule has 2 aliphatic rings. The highest BCUT2D eigenvalue weighted by Gasteiger charge is 2.19. The fraction of sp³-hybridized carbons (Fsp3) is 0.357. The number of rotatable bonds is 8. The summed E-state index contributed by atoms with van der Waals surface area (Å²) in [5.41, 5.74) is 3.81. The minimum absolute atomic E-state index is 0.0546. The lowest BCUT2D eigenvalue weighted by atomic mass is 10.1. The van der Waals surface area contributed by atoms with Gasteiger partial charge in [0.1, 0.15) is 5.58 Å². The molecule has 7 nitrogen and oxygen atoms in total. The molecule has 0 unspecified atom stereocenters. The number of amides is 1. The van der Waals surface area contributed by atoms with Gasteiger partial charge in [0.25, 0.3) is 0 Å². The largest absolute Gasteiger partial charge is 0.463 e. The summed E-state index contributed by atoms with van der Waals surface area (Å²) in [5, 5.41) is 4.00. The molecule has 0 bridgehead atoms. The van der Waals surface area contributed by atoms with Crippen molar-refractivity contribution in [3.63, 3.8) is 0 Å². The Morgan fingerprint density at radius 1 is 1.06 bits per heavy atom. The lowest BCUT2D eigenvalue weighted by molar-refractivity contribution is -0.117. The van der Waals surface area contributed by atoms with E-state index in [1.807, 2.05) is 30.3 Å². The molecule has 1 aromatic heterocycles. The first-order chi connectivity index (χ1) is 17.6. The highest BCUT2D eigenvalue weighted by atomic mass is 32.2. The minimum Gasteiger partial charge on any atom is -0.463 e. The maximum Gasteiger partial charge on any atom is 0.373 e. The molecule has 5 rings (SSSR count). The molecule has 1 fully saturated rings. The Kier molecular flexibility index (Phi) is 7.63. The number of nitrogens with one attached hydrogen (secondary N) is 1. The van der Waals surface area contributed by atoms with Crippen molar-refractivity contribution >= 4 is 46.4 Å². The van der Waals surface area contributed by atoms with Gasteiger partial charge in [-0.1, -0.05) is 18.2 Å². The molecule has 8 heteroatoms. The van der Waals surface area contributed by atoms with E-state index in [-0.39, 0.29) is 11.7 Å². The van der Waals surface area contributed by atoms with Gasteiger partial charge in [-0.3, -0.25) is 9.69 Å². The van der Waals surface area contributed by atoms with Crippen molar-refractivity contribution in [1.29, 1.82) is 0 Å². The fourth-order valence-corrected chi connectivity index (χ4v) is 5.68. The zero-order chi connectivity index (χ0) is 24.9. The quantitative estimate of drug-likeness (QED) is 0.359. The van der Waals surface area contributed by atoms with Crippen molar-refractivity contribution in [3.8, 4) is 0 Å². The maximum absolute atomic E-state index is 12.5. The van der Waals surface area contributed by atoms with Gasteiger partial charge in [0, 0.05) is 60.0 Å². The molecule has 0 atom stereocenters. The Hall–Kier alpha value is -3.23. The number of piperazine rings is 1. The average molecular weight is 506 g/mol. The van der Waals surface area contributed by atoms with Crippen molar-refractivity contribution < 1.29 is 18.7 Å². The molecule has 0 spiro atoms. The second-order valence-corrected chi connectivity index (χ2v) is 10.1. The monoisotopic (exact) mass is 505 g/mol. The van der Waals surface area contributed by atoms with Crippen LogP contribution in [0.4, 0.5) is 5.69 Å². The first kappa shape index (κ1) is 24.5. The van der Waals surface area contributed by atoms with Crippen LogP contribution in [0.2, 0.25) is 0 Å². The van der Waals surface area contributed by atoms with Crippen LogP contribution in [0.15, 0.2) is 63.4 Å². The van der Waals surface area contributed by atoms with Crippen LogP contribution in [0, 0.1) is 0 Å². The summed E-state index contributed by atoms with van der Waals surface area (Å²) in [7, 11) is 1.35. The summed E-state index contributed by atoms with van der Waals surface area (Å²) >= 11 is 1.73. The van der Waals surface area contributed by atoms with E-state index in [1.165, 1.54) is 12.0 Å². The van der Waals surface area contributed by atoms with Crippen LogP contribution in [0.1, 0.15) is 29.0 Å². The predicted octanol–water partition coefficient (Wildman–Crippen LogP) is 4.43. The molecule has 1 amide bonds. The molecule has 2 aliphatic heterocycles. The van der Waals surface area contributed by atoms with Crippen LogP contribution in [0.25, 0.3) is 17.0 Å². The molecule has 3 heterocycles. The van der Waals surface area contributed by atoms with Crippen LogP contribution < -0.4 is 10.2 Å². The Labute approximate surface area is 215 Å². The topological polar surface area (TPSA) is 75.0 Å². The zero-order valence-electron chi connectivity index (χ0n) is 20.5. The number of fused-ring (bicyclic) bond motifs is 2. The number of nitrogens with zero attached hydrogens (tertiary/aromatic N) is 2. The van der Waals surface area contributed by atoms with Crippen LogP contribution >= 0.6 is 11.8 Å². The fourth-order valence-electron chi connectivity index (χ4n) is 4.68. The summed E-state index contributed by atoms with van der Waals surface area (Å²) in [4.78, 5) is 30.4. The molecule has 3 aromatic rings. The summed E-state index contributed by atoms with van der Waals surface area (Å²) < 4.78 is 10.3.